The lowest BCUT2D eigenvalue weighted by atomic mass is 9.85. The minimum atomic E-state index is -3.68. The lowest BCUT2D eigenvalue weighted by Crippen LogP contribution is -2.41. The number of hydrogen-bond donors (Lipinski definition) is 2. The van der Waals surface area contributed by atoms with Crippen molar-refractivity contribution in [1.29, 1.82) is 0 Å². The van der Waals surface area contributed by atoms with Crippen molar-refractivity contribution in [2.45, 2.75) is 56.5 Å². The average molecular weight is 493 g/mol. The fourth-order valence-electron chi connectivity index (χ4n) is 4.11. The van der Waals surface area contributed by atoms with Gasteiger partial charge in [0, 0.05) is 19.1 Å². The van der Waals surface area contributed by atoms with Gasteiger partial charge >= 0.3 is 0 Å². The molecule has 1 saturated carbocycles. The summed E-state index contributed by atoms with van der Waals surface area (Å²) in [5, 5.41) is 2.98. The summed E-state index contributed by atoms with van der Waals surface area (Å²) in [6.45, 7) is 4.51. The number of carbonyl (C=O) groups excluding carboxylic acids is 1. The van der Waals surface area contributed by atoms with E-state index >= 15 is 0 Å². The minimum absolute atomic E-state index is 0.0576. The van der Waals surface area contributed by atoms with Crippen molar-refractivity contribution < 1.29 is 27.1 Å². The largest absolute Gasteiger partial charge is 0.491 e. The molecule has 1 atom stereocenters. The number of methoxy groups -OCH3 is 1. The van der Waals surface area contributed by atoms with Crippen LogP contribution in [0.3, 0.4) is 0 Å². The zero-order valence-electron chi connectivity index (χ0n) is 19.8. The smallest absolute Gasteiger partial charge is 0.240 e. The monoisotopic (exact) mass is 492 g/mol. The molecule has 0 unspecified atom stereocenters. The molecule has 186 valence electrons. The first-order chi connectivity index (χ1) is 16.2. The van der Waals surface area contributed by atoms with E-state index in [9.17, 15) is 17.6 Å². The summed E-state index contributed by atoms with van der Waals surface area (Å²) in [4.78, 5) is 12.9. The first kappa shape index (κ1) is 26.1. The highest BCUT2D eigenvalue weighted by Gasteiger charge is 2.30. The molecule has 0 saturated heterocycles. The fourth-order valence-corrected chi connectivity index (χ4v) is 5.50. The summed E-state index contributed by atoms with van der Waals surface area (Å²) in [6.07, 6.45) is 2.36. The number of amides is 1. The molecule has 34 heavy (non-hydrogen) atoms. The number of sulfonamides is 1. The summed E-state index contributed by atoms with van der Waals surface area (Å²) in [5.74, 6) is 0.0780. The topological polar surface area (TPSA) is 93.7 Å². The van der Waals surface area contributed by atoms with Crippen LogP contribution in [-0.2, 0) is 19.6 Å². The maximum absolute atomic E-state index is 13.1. The van der Waals surface area contributed by atoms with Gasteiger partial charge in [0.2, 0.25) is 15.9 Å². The molecule has 2 aromatic rings. The van der Waals surface area contributed by atoms with Crippen LogP contribution in [0.15, 0.2) is 47.4 Å². The predicted molar refractivity (Wildman–Crippen MR) is 128 cm³/mol. The summed E-state index contributed by atoms with van der Waals surface area (Å²) in [6, 6.07) is 10.4. The average Bonchev–Trinajstić information content (AvgIpc) is 2.80. The molecule has 0 aliphatic heterocycles. The van der Waals surface area contributed by atoms with E-state index in [2.05, 4.69) is 10.0 Å². The van der Waals surface area contributed by atoms with Gasteiger partial charge in [-0.3, -0.25) is 4.79 Å². The van der Waals surface area contributed by atoms with Crippen molar-refractivity contribution in [3.8, 4) is 5.75 Å². The van der Waals surface area contributed by atoms with Crippen LogP contribution in [0.25, 0.3) is 0 Å². The lowest BCUT2D eigenvalue weighted by molar-refractivity contribution is -0.126. The van der Waals surface area contributed by atoms with Crippen LogP contribution in [0.1, 0.15) is 49.8 Å². The standard InChI is InChI=1S/C25H33FN2O5S/c1-17-16-23(12-13-24(17)33-15-14-32-3)34(30,31)28-22-10-6-20(7-11-22)25(29)27-18(2)19-4-8-21(26)9-5-19/h4-5,8-9,12-13,16,18,20,22,28H,6-7,10-11,14-15H2,1-3H3,(H,27,29)/t18-,20-,22-/m1/s1. The summed E-state index contributed by atoms with van der Waals surface area (Å²) < 4.78 is 52.2. The van der Waals surface area contributed by atoms with Crippen molar-refractivity contribution in [1.82, 2.24) is 10.0 Å². The first-order valence-electron chi connectivity index (χ1n) is 11.5. The van der Waals surface area contributed by atoms with E-state index in [4.69, 9.17) is 9.47 Å². The number of nitrogens with one attached hydrogen (secondary N) is 2. The van der Waals surface area contributed by atoms with Crippen LogP contribution in [0, 0.1) is 18.7 Å². The zero-order valence-corrected chi connectivity index (χ0v) is 20.7. The van der Waals surface area contributed by atoms with Gasteiger partial charge in [-0.05, 0) is 81.0 Å². The Labute approximate surface area is 201 Å². The molecule has 0 radical (unpaired) electrons. The Balaban J connectivity index is 1.51. The highest BCUT2D eigenvalue weighted by Crippen LogP contribution is 2.28. The van der Waals surface area contributed by atoms with E-state index in [1.807, 2.05) is 6.92 Å². The van der Waals surface area contributed by atoms with Crippen LogP contribution in [0.5, 0.6) is 5.75 Å². The molecule has 2 N–H and O–H groups in total. The van der Waals surface area contributed by atoms with Crippen molar-refractivity contribution in [2.75, 3.05) is 20.3 Å². The van der Waals surface area contributed by atoms with Gasteiger partial charge in [0.05, 0.1) is 17.5 Å². The second kappa shape index (κ2) is 11.8. The highest BCUT2D eigenvalue weighted by molar-refractivity contribution is 7.89. The van der Waals surface area contributed by atoms with Crippen LogP contribution < -0.4 is 14.8 Å². The third-order valence-electron chi connectivity index (χ3n) is 6.15. The molecule has 0 heterocycles. The van der Waals surface area contributed by atoms with Crippen LogP contribution in [-0.4, -0.2) is 40.7 Å². The molecule has 0 spiro atoms. The summed E-state index contributed by atoms with van der Waals surface area (Å²) in [7, 11) is -2.09. The second-order valence-corrected chi connectivity index (χ2v) is 10.4. The number of halogens is 1. The number of ether oxygens (including phenoxy) is 2. The van der Waals surface area contributed by atoms with Crippen LogP contribution in [0.4, 0.5) is 4.39 Å². The SMILES string of the molecule is COCCOc1ccc(S(=O)(=O)N[C@H]2CC[C@H](C(=O)N[C@H](C)c3ccc(F)cc3)CC2)cc1C. The second-order valence-electron chi connectivity index (χ2n) is 8.72. The molecular formula is C25H33FN2O5S. The van der Waals surface area contributed by atoms with Gasteiger partial charge < -0.3 is 14.8 Å². The Morgan fingerprint density at radius 1 is 1.09 bits per heavy atom. The van der Waals surface area contributed by atoms with E-state index in [-0.39, 0.29) is 34.6 Å². The molecule has 0 aromatic heterocycles. The molecular weight excluding hydrogens is 459 g/mol. The third-order valence-corrected chi connectivity index (χ3v) is 7.67. The van der Waals surface area contributed by atoms with Gasteiger partial charge in [0.1, 0.15) is 18.2 Å². The van der Waals surface area contributed by atoms with Gasteiger partial charge in [-0.25, -0.2) is 17.5 Å². The van der Waals surface area contributed by atoms with Gasteiger partial charge in [-0.1, -0.05) is 12.1 Å². The minimum Gasteiger partial charge on any atom is -0.491 e. The molecule has 9 heteroatoms. The van der Waals surface area contributed by atoms with E-state index < -0.39 is 10.0 Å². The lowest BCUT2D eigenvalue weighted by Gasteiger charge is -2.29. The van der Waals surface area contributed by atoms with Gasteiger partial charge in [0.15, 0.2) is 0 Å². The van der Waals surface area contributed by atoms with Gasteiger partial charge in [-0.2, -0.15) is 0 Å². The quantitative estimate of drug-likeness (QED) is 0.491. The normalized spacial score (nSPS) is 19.4. The van der Waals surface area contributed by atoms with Crippen LogP contribution in [0.2, 0.25) is 0 Å². The predicted octanol–water partition coefficient (Wildman–Crippen LogP) is 3.87. The number of aryl methyl sites for hydroxylation is 1. The molecule has 1 fully saturated rings. The Morgan fingerprint density at radius 3 is 2.38 bits per heavy atom. The maximum atomic E-state index is 13.1. The molecule has 1 aliphatic carbocycles. The Kier molecular flexibility index (Phi) is 9.04. The number of carbonyl (C=O) groups is 1. The highest BCUT2D eigenvalue weighted by atomic mass is 32.2. The molecule has 0 bridgehead atoms. The van der Waals surface area contributed by atoms with E-state index in [0.717, 1.165) is 11.1 Å². The molecule has 1 aliphatic rings. The van der Waals surface area contributed by atoms with Gasteiger partial charge in [-0.15, -0.1) is 0 Å². The third kappa shape index (κ3) is 7.01. The first-order valence-corrected chi connectivity index (χ1v) is 13.0. The van der Waals surface area contributed by atoms with Crippen LogP contribution >= 0.6 is 0 Å². The number of rotatable bonds is 10. The van der Waals surface area contributed by atoms with Crippen molar-refractivity contribution >= 4 is 15.9 Å². The van der Waals surface area contributed by atoms with E-state index in [1.54, 1.807) is 38.3 Å². The molecule has 7 nitrogen and oxygen atoms in total. The van der Waals surface area contributed by atoms with E-state index in [0.29, 0.717) is 44.6 Å². The fraction of sp³-hybridized carbons (Fsp3) is 0.480. The zero-order chi connectivity index (χ0) is 24.7. The molecule has 2 aromatic carbocycles. The Hall–Kier alpha value is -2.49. The summed E-state index contributed by atoms with van der Waals surface area (Å²) in [5.41, 5.74) is 1.57. The van der Waals surface area contributed by atoms with Gasteiger partial charge in [0.25, 0.3) is 0 Å². The maximum Gasteiger partial charge on any atom is 0.240 e. The molecule has 3 rings (SSSR count). The number of benzene rings is 2. The Bertz CT molecular complexity index is 1070. The molecule has 1 amide bonds. The van der Waals surface area contributed by atoms with Crippen molar-refractivity contribution in [3.05, 3.63) is 59.4 Å². The van der Waals surface area contributed by atoms with Crippen molar-refractivity contribution in [3.63, 3.8) is 0 Å². The number of hydrogen-bond acceptors (Lipinski definition) is 5. The summed E-state index contributed by atoms with van der Waals surface area (Å²) >= 11 is 0. The van der Waals surface area contributed by atoms with E-state index in [1.165, 1.54) is 18.2 Å². The van der Waals surface area contributed by atoms with Crippen molar-refractivity contribution in [2.24, 2.45) is 5.92 Å². The Morgan fingerprint density at radius 2 is 1.76 bits per heavy atom.